The van der Waals surface area contributed by atoms with Crippen LogP contribution in [0.1, 0.15) is 36.7 Å². The molecule has 0 saturated carbocycles. The maximum atomic E-state index is 4.52. The van der Waals surface area contributed by atoms with Crippen LogP contribution in [0.4, 0.5) is 0 Å². The maximum Gasteiger partial charge on any atom is 0.0641 e. The quantitative estimate of drug-likeness (QED) is 0.862. The molecule has 0 radical (unpaired) electrons. The van der Waals surface area contributed by atoms with Gasteiger partial charge in [0.25, 0.3) is 0 Å². The van der Waals surface area contributed by atoms with Crippen LogP contribution in [0.5, 0.6) is 0 Å². The van der Waals surface area contributed by atoms with Crippen molar-refractivity contribution in [2.45, 2.75) is 46.2 Å². The molecular weight excluding hydrogens is 224 g/mol. The van der Waals surface area contributed by atoms with Crippen molar-refractivity contribution >= 4 is 0 Å². The molecule has 1 aromatic rings. The molecule has 1 aliphatic heterocycles. The lowest BCUT2D eigenvalue weighted by atomic mass is 10.1. The number of aryl methyl sites for hydroxylation is 2. The van der Waals surface area contributed by atoms with Crippen molar-refractivity contribution in [2.24, 2.45) is 7.05 Å². The number of hydrogen-bond acceptors (Lipinski definition) is 3. The third kappa shape index (κ3) is 2.75. The van der Waals surface area contributed by atoms with Crippen molar-refractivity contribution in [1.82, 2.24) is 20.0 Å². The van der Waals surface area contributed by atoms with Gasteiger partial charge in [0, 0.05) is 37.4 Å². The molecule has 4 heteroatoms. The van der Waals surface area contributed by atoms with Crippen LogP contribution in [-0.2, 0) is 13.6 Å². The highest BCUT2D eigenvalue weighted by atomic mass is 15.3. The third-order valence-corrected chi connectivity index (χ3v) is 4.08. The molecule has 1 aliphatic rings. The first-order valence-corrected chi connectivity index (χ1v) is 7.07. The van der Waals surface area contributed by atoms with E-state index in [1.807, 2.05) is 11.7 Å². The summed E-state index contributed by atoms with van der Waals surface area (Å²) in [7, 11) is 2.03. The van der Waals surface area contributed by atoms with E-state index in [0.29, 0.717) is 6.04 Å². The SMILES string of the molecule is CCCN(Cc1c(C)nn(C)c1C)C1CCNC1. The van der Waals surface area contributed by atoms with Gasteiger partial charge in [-0.25, -0.2) is 0 Å². The standard InChI is InChI=1S/C14H26N4/c1-5-8-18(13-6-7-15-9-13)10-14-11(2)16-17(4)12(14)3/h13,15H,5-10H2,1-4H3. The predicted octanol–water partition coefficient (Wildman–Crippen LogP) is 1.61. The molecule has 1 aromatic heterocycles. The number of nitrogens with zero attached hydrogens (tertiary/aromatic N) is 3. The zero-order valence-electron chi connectivity index (χ0n) is 12.2. The molecule has 0 bridgehead atoms. The first kappa shape index (κ1) is 13.6. The molecule has 1 N–H and O–H groups in total. The predicted molar refractivity (Wildman–Crippen MR) is 74.7 cm³/mol. The molecule has 2 heterocycles. The molecule has 1 saturated heterocycles. The van der Waals surface area contributed by atoms with Gasteiger partial charge in [0.05, 0.1) is 5.69 Å². The summed E-state index contributed by atoms with van der Waals surface area (Å²) < 4.78 is 2.00. The summed E-state index contributed by atoms with van der Waals surface area (Å²) in [6.07, 6.45) is 2.49. The van der Waals surface area contributed by atoms with Crippen LogP contribution in [-0.4, -0.2) is 40.4 Å². The normalized spacial score (nSPS) is 19.9. The van der Waals surface area contributed by atoms with Gasteiger partial charge in [0.1, 0.15) is 0 Å². The lowest BCUT2D eigenvalue weighted by molar-refractivity contribution is 0.199. The van der Waals surface area contributed by atoms with E-state index < -0.39 is 0 Å². The van der Waals surface area contributed by atoms with Crippen molar-refractivity contribution in [3.63, 3.8) is 0 Å². The van der Waals surface area contributed by atoms with E-state index in [2.05, 4.69) is 36.1 Å². The third-order valence-electron chi connectivity index (χ3n) is 4.08. The molecule has 18 heavy (non-hydrogen) atoms. The van der Waals surface area contributed by atoms with Crippen LogP contribution in [0.3, 0.4) is 0 Å². The first-order chi connectivity index (χ1) is 8.63. The number of hydrogen-bond donors (Lipinski definition) is 1. The van der Waals surface area contributed by atoms with Gasteiger partial charge in [-0.2, -0.15) is 5.10 Å². The van der Waals surface area contributed by atoms with E-state index in [1.165, 1.54) is 36.3 Å². The van der Waals surface area contributed by atoms with E-state index in [-0.39, 0.29) is 0 Å². The lowest BCUT2D eigenvalue weighted by Gasteiger charge is -2.28. The molecule has 0 aromatic carbocycles. The topological polar surface area (TPSA) is 33.1 Å². The minimum atomic E-state index is 0.698. The summed E-state index contributed by atoms with van der Waals surface area (Å²) >= 11 is 0. The minimum absolute atomic E-state index is 0.698. The summed E-state index contributed by atoms with van der Waals surface area (Å²) in [6, 6.07) is 0.698. The van der Waals surface area contributed by atoms with Crippen LogP contribution < -0.4 is 5.32 Å². The van der Waals surface area contributed by atoms with Crippen LogP contribution >= 0.6 is 0 Å². The van der Waals surface area contributed by atoms with E-state index in [1.54, 1.807) is 0 Å². The Balaban J connectivity index is 2.12. The molecule has 4 nitrogen and oxygen atoms in total. The van der Waals surface area contributed by atoms with Gasteiger partial charge in [-0.3, -0.25) is 9.58 Å². The highest BCUT2D eigenvalue weighted by Gasteiger charge is 2.23. The van der Waals surface area contributed by atoms with E-state index in [4.69, 9.17) is 0 Å². The van der Waals surface area contributed by atoms with Crippen LogP contribution in [0.25, 0.3) is 0 Å². The Labute approximate surface area is 110 Å². The Hall–Kier alpha value is -0.870. The average molecular weight is 250 g/mol. The van der Waals surface area contributed by atoms with Crippen LogP contribution in [0, 0.1) is 13.8 Å². The van der Waals surface area contributed by atoms with Gasteiger partial charge in [-0.15, -0.1) is 0 Å². The van der Waals surface area contributed by atoms with E-state index in [9.17, 15) is 0 Å². The van der Waals surface area contributed by atoms with Crippen molar-refractivity contribution in [3.8, 4) is 0 Å². The van der Waals surface area contributed by atoms with Gasteiger partial charge >= 0.3 is 0 Å². The number of nitrogens with one attached hydrogen (secondary N) is 1. The van der Waals surface area contributed by atoms with E-state index in [0.717, 1.165) is 19.6 Å². The zero-order chi connectivity index (χ0) is 13.1. The average Bonchev–Trinajstić information content (AvgIpc) is 2.93. The molecule has 1 atom stereocenters. The highest BCUT2D eigenvalue weighted by molar-refractivity contribution is 5.24. The molecule has 0 aliphatic carbocycles. The summed E-state index contributed by atoms with van der Waals surface area (Å²) in [5.41, 5.74) is 3.90. The maximum absolute atomic E-state index is 4.52. The molecule has 0 spiro atoms. The molecule has 1 fully saturated rings. The van der Waals surface area contributed by atoms with Gasteiger partial charge in [0.2, 0.25) is 0 Å². The Morgan fingerprint density at radius 3 is 2.72 bits per heavy atom. The van der Waals surface area contributed by atoms with Gasteiger partial charge in [0.15, 0.2) is 0 Å². The van der Waals surface area contributed by atoms with Gasteiger partial charge in [-0.1, -0.05) is 6.92 Å². The van der Waals surface area contributed by atoms with Crippen molar-refractivity contribution in [3.05, 3.63) is 17.0 Å². The first-order valence-electron chi connectivity index (χ1n) is 7.07. The summed E-state index contributed by atoms with van der Waals surface area (Å²) in [6.45, 7) is 11.1. The van der Waals surface area contributed by atoms with Crippen molar-refractivity contribution in [2.75, 3.05) is 19.6 Å². The fourth-order valence-electron chi connectivity index (χ4n) is 2.88. The zero-order valence-corrected chi connectivity index (χ0v) is 12.2. The fraction of sp³-hybridized carbons (Fsp3) is 0.786. The second-order valence-corrected chi connectivity index (χ2v) is 5.39. The Bertz CT molecular complexity index is 391. The second-order valence-electron chi connectivity index (χ2n) is 5.39. The monoisotopic (exact) mass is 250 g/mol. The Kier molecular flexibility index (Phi) is 4.40. The Morgan fingerprint density at radius 2 is 2.22 bits per heavy atom. The minimum Gasteiger partial charge on any atom is -0.315 e. The molecule has 1 unspecified atom stereocenters. The van der Waals surface area contributed by atoms with Gasteiger partial charge < -0.3 is 5.32 Å². The van der Waals surface area contributed by atoms with Crippen molar-refractivity contribution in [1.29, 1.82) is 0 Å². The number of rotatable bonds is 5. The molecular formula is C14H26N4. The van der Waals surface area contributed by atoms with E-state index >= 15 is 0 Å². The molecule has 102 valence electrons. The Morgan fingerprint density at radius 1 is 1.44 bits per heavy atom. The largest absolute Gasteiger partial charge is 0.315 e. The molecule has 0 amide bonds. The van der Waals surface area contributed by atoms with Crippen molar-refractivity contribution < 1.29 is 0 Å². The summed E-state index contributed by atoms with van der Waals surface area (Å²) in [4.78, 5) is 2.62. The van der Waals surface area contributed by atoms with Gasteiger partial charge in [-0.05, 0) is 39.8 Å². The molecule has 2 rings (SSSR count). The fourth-order valence-corrected chi connectivity index (χ4v) is 2.88. The van der Waals surface area contributed by atoms with Crippen LogP contribution in [0.15, 0.2) is 0 Å². The van der Waals surface area contributed by atoms with Crippen LogP contribution in [0.2, 0.25) is 0 Å². The lowest BCUT2D eigenvalue weighted by Crippen LogP contribution is -2.37. The summed E-state index contributed by atoms with van der Waals surface area (Å²) in [5, 5.41) is 7.99. The highest BCUT2D eigenvalue weighted by Crippen LogP contribution is 2.18. The second kappa shape index (κ2) is 5.85. The summed E-state index contributed by atoms with van der Waals surface area (Å²) in [5.74, 6) is 0. The smallest absolute Gasteiger partial charge is 0.0641 e. The number of aromatic nitrogens is 2.